The number of benzene rings is 1. The number of rotatable bonds is 3. The number of nitrogens with zero attached hydrogens (tertiary/aromatic N) is 2. The monoisotopic (exact) mass is 372 g/mol. The summed E-state index contributed by atoms with van der Waals surface area (Å²) in [5, 5.41) is 0. The number of carbonyl (C=O) groups is 1. The summed E-state index contributed by atoms with van der Waals surface area (Å²) in [5.41, 5.74) is 0.182. The lowest BCUT2D eigenvalue weighted by atomic mass is 10.2. The number of sulfonamides is 2. The number of piperidine rings is 1. The first-order valence-electron chi connectivity index (χ1n) is 7.90. The summed E-state index contributed by atoms with van der Waals surface area (Å²) in [6.45, 7) is 2.57. The predicted octanol–water partition coefficient (Wildman–Crippen LogP) is 1.17. The molecule has 24 heavy (non-hydrogen) atoms. The molecule has 1 aromatic rings. The van der Waals surface area contributed by atoms with Gasteiger partial charge in [-0.3, -0.25) is 4.79 Å². The molecule has 1 aromatic carbocycles. The van der Waals surface area contributed by atoms with Gasteiger partial charge in [0.15, 0.2) is 0 Å². The van der Waals surface area contributed by atoms with Gasteiger partial charge >= 0.3 is 0 Å². The first kappa shape index (κ1) is 17.4. The molecule has 0 radical (unpaired) electrons. The van der Waals surface area contributed by atoms with Gasteiger partial charge in [-0.25, -0.2) is 21.1 Å². The molecule has 0 bridgehead atoms. The number of amides is 1. The molecule has 0 N–H and O–H groups in total. The second kappa shape index (κ2) is 6.12. The van der Waals surface area contributed by atoms with Crippen LogP contribution in [0.3, 0.4) is 0 Å². The molecule has 3 rings (SSSR count). The Morgan fingerprint density at radius 3 is 2.12 bits per heavy atom. The normalized spacial score (nSPS) is 25.1. The smallest absolute Gasteiger partial charge is 0.244 e. The maximum atomic E-state index is 12.6. The zero-order valence-electron chi connectivity index (χ0n) is 13.4. The van der Waals surface area contributed by atoms with Crippen LogP contribution in [-0.4, -0.2) is 45.9 Å². The maximum absolute atomic E-state index is 12.6. The van der Waals surface area contributed by atoms with Gasteiger partial charge in [-0.15, -0.1) is 0 Å². The van der Waals surface area contributed by atoms with Crippen LogP contribution >= 0.6 is 0 Å². The highest BCUT2D eigenvalue weighted by atomic mass is 32.2. The molecule has 0 unspecified atom stereocenters. The Balaban J connectivity index is 1.90. The molecule has 1 amide bonds. The average Bonchev–Trinajstić information content (AvgIpc) is 2.76. The second-order valence-electron chi connectivity index (χ2n) is 6.24. The van der Waals surface area contributed by atoms with E-state index in [1.165, 1.54) is 28.6 Å². The topological polar surface area (TPSA) is 91.8 Å². The Kier molecular flexibility index (Phi) is 4.43. The fraction of sp³-hybridized carbons (Fsp3) is 0.533. The van der Waals surface area contributed by atoms with Gasteiger partial charge in [0, 0.05) is 13.1 Å². The third-order valence-electron chi connectivity index (χ3n) is 4.38. The predicted molar refractivity (Wildman–Crippen MR) is 89.5 cm³/mol. The summed E-state index contributed by atoms with van der Waals surface area (Å²) in [7, 11) is -7.26. The summed E-state index contributed by atoms with van der Waals surface area (Å²) in [5.74, 6) is -1.30. The van der Waals surface area contributed by atoms with Gasteiger partial charge in [0.1, 0.15) is 0 Å². The van der Waals surface area contributed by atoms with Gasteiger partial charge < -0.3 is 0 Å². The standard InChI is InChI=1S/C15H20N2O5S2/c1-12-11-23(19,20)17(15(12)18)13-5-7-14(8-6-13)24(21,22)16-9-3-2-4-10-16/h5-8,12H,2-4,9-11H2,1H3/t12-/m0/s1. The molecule has 2 fully saturated rings. The number of anilines is 1. The van der Waals surface area contributed by atoms with E-state index < -0.39 is 31.9 Å². The summed E-state index contributed by atoms with van der Waals surface area (Å²) >= 11 is 0. The van der Waals surface area contributed by atoms with Crippen LogP contribution in [0.5, 0.6) is 0 Å². The SMILES string of the molecule is C[C@H]1CS(=O)(=O)N(c2ccc(S(=O)(=O)N3CCCCC3)cc2)C1=O. The van der Waals surface area contributed by atoms with E-state index in [0.717, 1.165) is 23.6 Å². The summed E-state index contributed by atoms with van der Waals surface area (Å²) < 4.78 is 51.6. The van der Waals surface area contributed by atoms with Crippen molar-refractivity contribution in [2.75, 3.05) is 23.1 Å². The lowest BCUT2D eigenvalue weighted by Crippen LogP contribution is -2.35. The van der Waals surface area contributed by atoms with Crippen molar-refractivity contribution in [3.8, 4) is 0 Å². The van der Waals surface area contributed by atoms with Crippen LogP contribution in [0.15, 0.2) is 29.2 Å². The average molecular weight is 372 g/mol. The molecule has 2 heterocycles. The largest absolute Gasteiger partial charge is 0.273 e. The molecular weight excluding hydrogens is 352 g/mol. The Labute approximate surface area is 142 Å². The van der Waals surface area contributed by atoms with Gasteiger partial charge in [-0.1, -0.05) is 13.3 Å². The van der Waals surface area contributed by atoms with E-state index in [1.807, 2.05) is 0 Å². The third-order valence-corrected chi connectivity index (χ3v) is 8.17. The zero-order chi connectivity index (χ0) is 17.5. The lowest BCUT2D eigenvalue weighted by molar-refractivity contribution is -0.119. The number of hydrogen-bond acceptors (Lipinski definition) is 5. The van der Waals surface area contributed by atoms with E-state index >= 15 is 0 Å². The van der Waals surface area contributed by atoms with E-state index in [4.69, 9.17) is 0 Å². The van der Waals surface area contributed by atoms with Crippen LogP contribution in [0.4, 0.5) is 5.69 Å². The molecule has 7 nitrogen and oxygen atoms in total. The van der Waals surface area contributed by atoms with Crippen molar-refractivity contribution in [1.29, 1.82) is 0 Å². The summed E-state index contributed by atoms with van der Waals surface area (Å²) in [6, 6.07) is 5.49. The Morgan fingerprint density at radius 1 is 1.04 bits per heavy atom. The van der Waals surface area contributed by atoms with Crippen molar-refractivity contribution < 1.29 is 21.6 Å². The Bertz CT molecular complexity index is 840. The van der Waals surface area contributed by atoms with Gasteiger partial charge in [-0.2, -0.15) is 4.31 Å². The molecule has 2 aliphatic rings. The third kappa shape index (κ3) is 2.96. The van der Waals surface area contributed by atoms with E-state index in [9.17, 15) is 21.6 Å². The Hall–Kier alpha value is -1.45. The minimum atomic E-state index is -3.68. The van der Waals surface area contributed by atoms with Crippen molar-refractivity contribution in [1.82, 2.24) is 4.31 Å². The molecule has 1 atom stereocenters. The molecule has 0 aliphatic carbocycles. The van der Waals surface area contributed by atoms with Crippen LogP contribution in [0.2, 0.25) is 0 Å². The van der Waals surface area contributed by atoms with Gasteiger partial charge in [0.05, 0.1) is 22.3 Å². The lowest BCUT2D eigenvalue weighted by Gasteiger charge is -2.26. The first-order chi connectivity index (χ1) is 11.2. The van der Waals surface area contributed by atoms with Crippen LogP contribution < -0.4 is 4.31 Å². The molecule has 0 aromatic heterocycles. The highest BCUT2D eigenvalue weighted by molar-refractivity contribution is 7.94. The van der Waals surface area contributed by atoms with Gasteiger partial charge in [0.25, 0.3) is 0 Å². The number of hydrogen-bond donors (Lipinski definition) is 0. The van der Waals surface area contributed by atoms with Gasteiger partial charge in [-0.05, 0) is 37.1 Å². The molecule has 0 saturated carbocycles. The second-order valence-corrected chi connectivity index (χ2v) is 10.0. The first-order valence-corrected chi connectivity index (χ1v) is 11.0. The van der Waals surface area contributed by atoms with E-state index in [2.05, 4.69) is 0 Å². The molecular formula is C15H20N2O5S2. The van der Waals surface area contributed by atoms with Crippen LogP contribution in [0.25, 0.3) is 0 Å². The molecule has 132 valence electrons. The molecule has 0 spiro atoms. The fourth-order valence-electron chi connectivity index (χ4n) is 3.09. The van der Waals surface area contributed by atoms with Crippen LogP contribution in [0.1, 0.15) is 26.2 Å². The van der Waals surface area contributed by atoms with Crippen molar-refractivity contribution in [3.05, 3.63) is 24.3 Å². The fourth-order valence-corrected chi connectivity index (χ4v) is 6.43. The van der Waals surface area contributed by atoms with Crippen LogP contribution in [0, 0.1) is 5.92 Å². The molecule has 2 aliphatic heterocycles. The zero-order valence-corrected chi connectivity index (χ0v) is 15.0. The minimum Gasteiger partial charge on any atom is -0.273 e. The number of carbonyl (C=O) groups excluding carboxylic acids is 1. The van der Waals surface area contributed by atoms with Crippen molar-refractivity contribution in [2.45, 2.75) is 31.1 Å². The quantitative estimate of drug-likeness (QED) is 0.794. The molecule has 2 saturated heterocycles. The summed E-state index contributed by atoms with van der Waals surface area (Å²) in [6.07, 6.45) is 2.71. The highest BCUT2D eigenvalue weighted by Crippen LogP contribution is 2.29. The summed E-state index contributed by atoms with van der Waals surface area (Å²) in [4.78, 5) is 12.2. The Morgan fingerprint density at radius 2 is 1.62 bits per heavy atom. The van der Waals surface area contributed by atoms with E-state index in [1.54, 1.807) is 6.92 Å². The van der Waals surface area contributed by atoms with E-state index in [0.29, 0.717) is 13.1 Å². The van der Waals surface area contributed by atoms with Crippen molar-refractivity contribution >= 4 is 31.6 Å². The minimum absolute atomic E-state index is 0.116. The van der Waals surface area contributed by atoms with Crippen LogP contribution in [-0.2, 0) is 24.8 Å². The molecule has 9 heteroatoms. The highest BCUT2D eigenvalue weighted by Gasteiger charge is 2.42. The maximum Gasteiger partial charge on any atom is 0.244 e. The van der Waals surface area contributed by atoms with Crippen molar-refractivity contribution in [3.63, 3.8) is 0 Å². The van der Waals surface area contributed by atoms with Gasteiger partial charge in [0.2, 0.25) is 26.0 Å². The van der Waals surface area contributed by atoms with E-state index in [-0.39, 0.29) is 16.3 Å². The van der Waals surface area contributed by atoms with Crippen molar-refractivity contribution in [2.24, 2.45) is 5.92 Å².